The minimum absolute atomic E-state index is 0.0462. The second-order valence-corrected chi connectivity index (χ2v) is 4.48. The SMILES string of the molecule is O=C(NC1CCCC1CCl)c1cccnc1. The third kappa shape index (κ3) is 2.53. The number of halogens is 1. The summed E-state index contributed by atoms with van der Waals surface area (Å²) in [6.07, 6.45) is 6.54. The summed E-state index contributed by atoms with van der Waals surface area (Å²) in [6.45, 7) is 0. The van der Waals surface area contributed by atoms with E-state index < -0.39 is 0 Å². The first kappa shape index (κ1) is 11.4. The number of hydrogen-bond donors (Lipinski definition) is 1. The van der Waals surface area contributed by atoms with Crippen molar-refractivity contribution >= 4 is 17.5 Å². The summed E-state index contributed by atoms with van der Waals surface area (Å²) in [5.74, 6) is 0.996. The van der Waals surface area contributed by atoms with Crippen LogP contribution in [0.4, 0.5) is 0 Å². The van der Waals surface area contributed by atoms with E-state index in [1.807, 2.05) is 0 Å². The summed E-state index contributed by atoms with van der Waals surface area (Å²) in [6, 6.07) is 3.76. The van der Waals surface area contributed by atoms with Crippen molar-refractivity contribution in [1.82, 2.24) is 10.3 Å². The van der Waals surface area contributed by atoms with Crippen LogP contribution >= 0.6 is 11.6 Å². The van der Waals surface area contributed by atoms with Gasteiger partial charge in [0.15, 0.2) is 0 Å². The molecular weight excluding hydrogens is 224 g/mol. The molecule has 1 heterocycles. The third-order valence-corrected chi connectivity index (χ3v) is 3.49. The number of aromatic nitrogens is 1. The molecule has 2 rings (SSSR count). The lowest BCUT2D eigenvalue weighted by Crippen LogP contribution is -2.37. The lowest BCUT2D eigenvalue weighted by atomic mass is 10.1. The summed E-state index contributed by atoms with van der Waals surface area (Å²) < 4.78 is 0. The fraction of sp³-hybridized carbons (Fsp3) is 0.500. The highest BCUT2D eigenvalue weighted by Gasteiger charge is 2.27. The zero-order valence-electron chi connectivity index (χ0n) is 9.03. The Kier molecular flexibility index (Phi) is 3.78. The van der Waals surface area contributed by atoms with Crippen molar-refractivity contribution in [3.05, 3.63) is 30.1 Å². The minimum atomic E-state index is -0.0462. The first-order valence-corrected chi connectivity index (χ1v) is 6.11. The number of carbonyl (C=O) groups excluding carboxylic acids is 1. The molecule has 1 fully saturated rings. The van der Waals surface area contributed by atoms with Crippen molar-refractivity contribution < 1.29 is 4.79 Å². The highest BCUT2D eigenvalue weighted by Crippen LogP contribution is 2.26. The van der Waals surface area contributed by atoms with Gasteiger partial charge in [-0.3, -0.25) is 9.78 Å². The van der Waals surface area contributed by atoms with Gasteiger partial charge in [0.2, 0.25) is 0 Å². The standard InChI is InChI=1S/C12H15ClN2O/c13-7-9-3-1-5-11(9)15-12(16)10-4-2-6-14-8-10/h2,4,6,8-9,11H,1,3,5,7H2,(H,15,16). The van der Waals surface area contributed by atoms with Crippen LogP contribution in [0.5, 0.6) is 0 Å². The summed E-state index contributed by atoms with van der Waals surface area (Å²) in [4.78, 5) is 15.8. The number of pyridine rings is 1. The second-order valence-electron chi connectivity index (χ2n) is 4.17. The summed E-state index contributed by atoms with van der Waals surface area (Å²) in [5.41, 5.74) is 0.614. The smallest absolute Gasteiger partial charge is 0.253 e. The highest BCUT2D eigenvalue weighted by molar-refractivity contribution is 6.18. The van der Waals surface area contributed by atoms with Crippen molar-refractivity contribution in [2.75, 3.05) is 5.88 Å². The quantitative estimate of drug-likeness (QED) is 0.821. The molecule has 1 aliphatic rings. The van der Waals surface area contributed by atoms with Gasteiger partial charge in [0.05, 0.1) is 5.56 Å². The van der Waals surface area contributed by atoms with Gasteiger partial charge in [-0.2, -0.15) is 0 Å². The Morgan fingerprint density at radius 3 is 3.12 bits per heavy atom. The molecule has 16 heavy (non-hydrogen) atoms. The van der Waals surface area contributed by atoms with Gasteiger partial charge in [-0.25, -0.2) is 0 Å². The van der Waals surface area contributed by atoms with Gasteiger partial charge in [-0.05, 0) is 30.9 Å². The van der Waals surface area contributed by atoms with E-state index >= 15 is 0 Å². The van der Waals surface area contributed by atoms with Gasteiger partial charge in [0, 0.05) is 24.3 Å². The predicted molar refractivity (Wildman–Crippen MR) is 63.6 cm³/mol. The van der Waals surface area contributed by atoms with E-state index in [9.17, 15) is 4.79 Å². The molecule has 1 aliphatic carbocycles. The molecule has 4 heteroatoms. The van der Waals surface area contributed by atoms with Crippen molar-refractivity contribution in [1.29, 1.82) is 0 Å². The van der Waals surface area contributed by atoms with E-state index in [2.05, 4.69) is 10.3 Å². The molecule has 2 atom stereocenters. The largest absolute Gasteiger partial charge is 0.349 e. The maximum Gasteiger partial charge on any atom is 0.253 e. The molecule has 1 saturated carbocycles. The van der Waals surface area contributed by atoms with E-state index in [1.165, 1.54) is 0 Å². The number of hydrogen-bond acceptors (Lipinski definition) is 2. The lowest BCUT2D eigenvalue weighted by molar-refractivity contribution is 0.0929. The summed E-state index contributed by atoms with van der Waals surface area (Å²) >= 11 is 5.87. The van der Waals surface area contributed by atoms with Crippen molar-refractivity contribution in [2.24, 2.45) is 5.92 Å². The first-order valence-electron chi connectivity index (χ1n) is 5.58. The number of carbonyl (C=O) groups is 1. The van der Waals surface area contributed by atoms with E-state index in [0.29, 0.717) is 17.4 Å². The number of nitrogens with zero attached hydrogens (tertiary/aromatic N) is 1. The van der Waals surface area contributed by atoms with E-state index in [1.54, 1.807) is 24.5 Å². The minimum Gasteiger partial charge on any atom is -0.349 e. The van der Waals surface area contributed by atoms with Crippen molar-refractivity contribution in [2.45, 2.75) is 25.3 Å². The zero-order chi connectivity index (χ0) is 11.4. The van der Waals surface area contributed by atoms with Gasteiger partial charge < -0.3 is 5.32 Å². The third-order valence-electron chi connectivity index (χ3n) is 3.10. The van der Waals surface area contributed by atoms with Crippen LogP contribution < -0.4 is 5.32 Å². The number of amides is 1. The van der Waals surface area contributed by atoms with Gasteiger partial charge in [-0.15, -0.1) is 11.6 Å². The molecule has 1 amide bonds. The van der Waals surface area contributed by atoms with Crippen LogP contribution in [0.2, 0.25) is 0 Å². The predicted octanol–water partition coefficient (Wildman–Crippen LogP) is 2.22. The molecule has 0 aromatic carbocycles. The van der Waals surface area contributed by atoms with Crippen molar-refractivity contribution in [3.8, 4) is 0 Å². The summed E-state index contributed by atoms with van der Waals surface area (Å²) in [5, 5.41) is 3.03. The Balaban J connectivity index is 1.97. The van der Waals surface area contributed by atoms with Crippen LogP contribution in [0.3, 0.4) is 0 Å². The molecule has 0 bridgehead atoms. The van der Waals surface area contributed by atoms with Gasteiger partial charge in [-0.1, -0.05) is 6.42 Å². The molecule has 1 aromatic rings. The van der Waals surface area contributed by atoms with E-state index in [4.69, 9.17) is 11.6 Å². The number of rotatable bonds is 3. The van der Waals surface area contributed by atoms with Crippen molar-refractivity contribution in [3.63, 3.8) is 0 Å². The molecule has 0 aliphatic heterocycles. The Hall–Kier alpha value is -1.09. The van der Waals surface area contributed by atoms with E-state index in [-0.39, 0.29) is 11.9 Å². The fourth-order valence-electron chi connectivity index (χ4n) is 2.16. The topological polar surface area (TPSA) is 42.0 Å². The maximum atomic E-state index is 11.9. The molecular formula is C12H15ClN2O. The lowest BCUT2D eigenvalue weighted by Gasteiger charge is -2.18. The molecule has 1 aromatic heterocycles. The normalized spacial score (nSPS) is 24.3. The van der Waals surface area contributed by atoms with Gasteiger partial charge in [0.1, 0.15) is 0 Å². The van der Waals surface area contributed by atoms with Gasteiger partial charge in [0.25, 0.3) is 5.91 Å². The van der Waals surface area contributed by atoms with Crippen LogP contribution in [0.1, 0.15) is 29.6 Å². The van der Waals surface area contributed by atoms with Crippen LogP contribution in [0, 0.1) is 5.92 Å². The first-order chi connectivity index (χ1) is 7.81. The molecule has 2 unspecified atom stereocenters. The van der Waals surface area contributed by atoms with E-state index in [0.717, 1.165) is 19.3 Å². The Morgan fingerprint density at radius 2 is 2.44 bits per heavy atom. The molecule has 1 N–H and O–H groups in total. The number of alkyl halides is 1. The zero-order valence-corrected chi connectivity index (χ0v) is 9.78. The molecule has 0 spiro atoms. The number of nitrogens with one attached hydrogen (secondary N) is 1. The maximum absolute atomic E-state index is 11.9. The Labute approximate surface area is 100 Å². The monoisotopic (exact) mass is 238 g/mol. The average Bonchev–Trinajstić information content (AvgIpc) is 2.77. The molecule has 3 nitrogen and oxygen atoms in total. The van der Waals surface area contributed by atoms with Crippen LogP contribution in [-0.4, -0.2) is 22.8 Å². The molecule has 0 radical (unpaired) electrons. The Bertz CT molecular complexity index is 355. The van der Waals surface area contributed by atoms with Crippen LogP contribution in [0.15, 0.2) is 24.5 Å². The second kappa shape index (κ2) is 5.30. The van der Waals surface area contributed by atoms with Gasteiger partial charge >= 0.3 is 0 Å². The molecule has 86 valence electrons. The highest BCUT2D eigenvalue weighted by atomic mass is 35.5. The fourth-order valence-corrected chi connectivity index (χ4v) is 2.53. The van der Waals surface area contributed by atoms with Crippen LogP contribution in [0.25, 0.3) is 0 Å². The molecule has 0 saturated heterocycles. The van der Waals surface area contributed by atoms with Crippen LogP contribution in [-0.2, 0) is 0 Å². The summed E-state index contributed by atoms with van der Waals surface area (Å²) in [7, 11) is 0. The Morgan fingerprint density at radius 1 is 1.56 bits per heavy atom. The average molecular weight is 239 g/mol.